The number of amides is 1. The summed E-state index contributed by atoms with van der Waals surface area (Å²) < 4.78 is 0. The highest BCUT2D eigenvalue weighted by atomic mass is 79.9. The zero-order chi connectivity index (χ0) is 13.1. The Balaban J connectivity index is 2.44. The molecule has 2 atom stereocenters. The SMILES string of the molecule is CC(CNC(=O)C(Br)C(C)(C)C)c1cccs1. The number of thiophene rings is 1. The summed E-state index contributed by atoms with van der Waals surface area (Å²) in [7, 11) is 0. The average Bonchev–Trinajstić information content (AvgIpc) is 2.76. The monoisotopic (exact) mass is 317 g/mol. The van der Waals surface area contributed by atoms with Crippen molar-refractivity contribution in [3.8, 4) is 0 Å². The van der Waals surface area contributed by atoms with E-state index in [4.69, 9.17) is 0 Å². The molecular formula is C13H20BrNOS. The first-order chi connectivity index (χ1) is 7.82. The quantitative estimate of drug-likeness (QED) is 0.841. The molecule has 2 nitrogen and oxygen atoms in total. The minimum atomic E-state index is -0.148. The Kier molecular flexibility index (Phi) is 5.20. The predicted octanol–water partition coefficient (Wildman–Crippen LogP) is 3.78. The molecule has 1 N–H and O–H groups in total. The molecule has 0 saturated carbocycles. The predicted molar refractivity (Wildman–Crippen MR) is 77.9 cm³/mol. The van der Waals surface area contributed by atoms with Crippen molar-refractivity contribution < 1.29 is 4.79 Å². The van der Waals surface area contributed by atoms with Crippen LogP contribution in [0.5, 0.6) is 0 Å². The summed E-state index contributed by atoms with van der Waals surface area (Å²) in [6.07, 6.45) is 0. The number of halogens is 1. The van der Waals surface area contributed by atoms with Gasteiger partial charge in [0, 0.05) is 17.3 Å². The number of hydrogen-bond donors (Lipinski definition) is 1. The van der Waals surface area contributed by atoms with Crippen molar-refractivity contribution in [3.63, 3.8) is 0 Å². The Bertz CT molecular complexity index is 356. The third-order valence-electron chi connectivity index (χ3n) is 2.60. The lowest BCUT2D eigenvalue weighted by Gasteiger charge is -2.25. The smallest absolute Gasteiger partial charge is 0.234 e. The van der Waals surface area contributed by atoms with E-state index < -0.39 is 0 Å². The van der Waals surface area contributed by atoms with Crippen LogP contribution in [-0.4, -0.2) is 17.3 Å². The molecule has 0 radical (unpaired) electrons. The molecular weight excluding hydrogens is 298 g/mol. The van der Waals surface area contributed by atoms with Gasteiger partial charge in [-0.05, 0) is 16.9 Å². The van der Waals surface area contributed by atoms with Crippen molar-refractivity contribution in [1.82, 2.24) is 5.32 Å². The van der Waals surface area contributed by atoms with Gasteiger partial charge in [0.2, 0.25) is 5.91 Å². The van der Waals surface area contributed by atoms with Crippen LogP contribution in [0.4, 0.5) is 0 Å². The highest BCUT2D eigenvalue weighted by molar-refractivity contribution is 9.10. The molecule has 0 aliphatic rings. The molecule has 0 fully saturated rings. The highest BCUT2D eigenvalue weighted by Gasteiger charge is 2.28. The first kappa shape index (κ1) is 14.7. The van der Waals surface area contributed by atoms with Gasteiger partial charge in [0.1, 0.15) is 0 Å². The summed E-state index contributed by atoms with van der Waals surface area (Å²) in [6, 6.07) is 4.15. The Labute approximate surface area is 116 Å². The van der Waals surface area contributed by atoms with E-state index in [-0.39, 0.29) is 16.1 Å². The molecule has 0 aliphatic carbocycles. The first-order valence-electron chi connectivity index (χ1n) is 5.77. The van der Waals surface area contributed by atoms with Gasteiger partial charge in [-0.15, -0.1) is 11.3 Å². The lowest BCUT2D eigenvalue weighted by atomic mass is 9.91. The molecule has 0 aliphatic heterocycles. The zero-order valence-corrected chi connectivity index (χ0v) is 13.2. The summed E-state index contributed by atoms with van der Waals surface area (Å²) in [4.78, 5) is 13.1. The molecule has 0 saturated heterocycles. The van der Waals surface area contributed by atoms with Crippen LogP contribution in [0.15, 0.2) is 17.5 Å². The highest BCUT2D eigenvalue weighted by Crippen LogP contribution is 2.26. The first-order valence-corrected chi connectivity index (χ1v) is 7.57. The average molecular weight is 318 g/mol. The van der Waals surface area contributed by atoms with Gasteiger partial charge in [-0.3, -0.25) is 4.79 Å². The Morgan fingerprint density at radius 3 is 2.65 bits per heavy atom. The van der Waals surface area contributed by atoms with E-state index in [1.807, 2.05) is 6.07 Å². The maximum absolute atomic E-state index is 11.9. The fourth-order valence-corrected chi connectivity index (χ4v) is 2.36. The van der Waals surface area contributed by atoms with Crippen LogP contribution in [0.3, 0.4) is 0 Å². The summed E-state index contributed by atoms with van der Waals surface area (Å²) >= 11 is 5.19. The Hall–Kier alpha value is -0.350. The molecule has 0 aromatic carbocycles. The maximum Gasteiger partial charge on any atom is 0.234 e. The molecule has 2 unspecified atom stereocenters. The van der Waals surface area contributed by atoms with E-state index in [0.717, 1.165) is 0 Å². The number of hydrogen-bond acceptors (Lipinski definition) is 2. The van der Waals surface area contributed by atoms with Crippen molar-refractivity contribution in [2.24, 2.45) is 5.41 Å². The summed E-state index contributed by atoms with van der Waals surface area (Å²) in [5.41, 5.74) is -0.0593. The lowest BCUT2D eigenvalue weighted by Crippen LogP contribution is -2.39. The normalized spacial score (nSPS) is 15.4. The van der Waals surface area contributed by atoms with Crippen LogP contribution >= 0.6 is 27.3 Å². The number of alkyl halides is 1. The molecule has 1 aromatic heterocycles. The number of rotatable bonds is 4. The molecule has 1 heterocycles. The Morgan fingerprint density at radius 2 is 2.18 bits per heavy atom. The molecule has 96 valence electrons. The van der Waals surface area contributed by atoms with E-state index in [0.29, 0.717) is 12.5 Å². The van der Waals surface area contributed by atoms with Gasteiger partial charge in [0.15, 0.2) is 0 Å². The molecule has 17 heavy (non-hydrogen) atoms. The molecule has 1 amide bonds. The van der Waals surface area contributed by atoms with Gasteiger partial charge in [-0.2, -0.15) is 0 Å². The second-order valence-electron chi connectivity index (χ2n) is 5.39. The summed E-state index contributed by atoms with van der Waals surface area (Å²) in [5, 5.41) is 5.06. The van der Waals surface area contributed by atoms with Crippen LogP contribution in [0.2, 0.25) is 0 Å². The standard InChI is InChI=1S/C13H20BrNOS/c1-9(10-6-5-7-17-10)8-15-12(16)11(14)13(2,3)4/h5-7,9,11H,8H2,1-4H3,(H,15,16). The van der Waals surface area contributed by atoms with Crippen molar-refractivity contribution in [2.45, 2.75) is 38.4 Å². The van der Waals surface area contributed by atoms with Gasteiger partial charge in [-0.1, -0.05) is 49.7 Å². The molecule has 0 spiro atoms. The molecule has 4 heteroatoms. The minimum absolute atomic E-state index is 0.0593. The third-order valence-corrected chi connectivity index (χ3v) is 5.50. The van der Waals surface area contributed by atoms with Crippen LogP contribution < -0.4 is 5.32 Å². The minimum Gasteiger partial charge on any atom is -0.354 e. The van der Waals surface area contributed by atoms with Crippen LogP contribution in [-0.2, 0) is 4.79 Å². The van der Waals surface area contributed by atoms with Crippen molar-refractivity contribution in [2.75, 3.05) is 6.54 Å². The topological polar surface area (TPSA) is 29.1 Å². The summed E-state index contributed by atoms with van der Waals surface area (Å²) in [5.74, 6) is 0.444. The van der Waals surface area contributed by atoms with Crippen LogP contribution in [0.25, 0.3) is 0 Å². The maximum atomic E-state index is 11.9. The third kappa shape index (κ3) is 4.43. The number of carbonyl (C=O) groups is 1. The lowest BCUT2D eigenvalue weighted by molar-refractivity contribution is -0.122. The summed E-state index contributed by atoms with van der Waals surface area (Å²) in [6.45, 7) is 8.97. The largest absolute Gasteiger partial charge is 0.354 e. The van der Waals surface area contributed by atoms with E-state index in [1.165, 1.54) is 4.88 Å². The van der Waals surface area contributed by atoms with Gasteiger partial charge in [-0.25, -0.2) is 0 Å². The van der Waals surface area contributed by atoms with E-state index >= 15 is 0 Å². The second kappa shape index (κ2) is 6.01. The van der Waals surface area contributed by atoms with E-state index in [9.17, 15) is 4.79 Å². The zero-order valence-electron chi connectivity index (χ0n) is 10.8. The number of carbonyl (C=O) groups excluding carboxylic acids is 1. The second-order valence-corrected chi connectivity index (χ2v) is 7.29. The Morgan fingerprint density at radius 1 is 1.53 bits per heavy atom. The number of nitrogens with one attached hydrogen (secondary N) is 1. The van der Waals surface area contributed by atoms with E-state index in [1.54, 1.807) is 11.3 Å². The molecule has 0 bridgehead atoms. The van der Waals surface area contributed by atoms with Crippen molar-refractivity contribution in [1.29, 1.82) is 0 Å². The van der Waals surface area contributed by atoms with Gasteiger partial charge in [0.05, 0.1) is 4.83 Å². The fourth-order valence-electron chi connectivity index (χ4n) is 1.41. The van der Waals surface area contributed by atoms with Crippen LogP contribution in [0.1, 0.15) is 38.5 Å². The fraction of sp³-hybridized carbons (Fsp3) is 0.615. The van der Waals surface area contributed by atoms with Gasteiger partial charge < -0.3 is 5.32 Å². The van der Waals surface area contributed by atoms with Gasteiger partial charge >= 0.3 is 0 Å². The van der Waals surface area contributed by atoms with Crippen molar-refractivity contribution >= 4 is 33.2 Å². The van der Waals surface area contributed by atoms with Gasteiger partial charge in [0.25, 0.3) is 0 Å². The van der Waals surface area contributed by atoms with Crippen molar-refractivity contribution in [3.05, 3.63) is 22.4 Å². The van der Waals surface area contributed by atoms with E-state index in [2.05, 4.69) is 60.4 Å². The molecule has 1 aromatic rings. The van der Waals surface area contributed by atoms with Crippen LogP contribution in [0, 0.1) is 5.41 Å². The molecule has 1 rings (SSSR count).